The molecule has 5 nitrogen and oxygen atoms in total. The van der Waals surface area contributed by atoms with Crippen molar-refractivity contribution in [3.63, 3.8) is 0 Å². The number of piperazine rings is 1. The first-order chi connectivity index (χ1) is 9.63. The number of nitrogens with zero attached hydrogens (tertiary/aromatic N) is 3. The Morgan fingerprint density at radius 1 is 1.25 bits per heavy atom. The van der Waals surface area contributed by atoms with Crippen LogP contribution in [0.5, 0.6) is 0 Å². The standard InChI is InChI=1S/C15H24N4O/c1-3-5-18-6-8-19(9-7-18)15(20)12-10-13(4-2)17-14(16)11-12/h10-11H,3-9H2,1-2H3,(H2,16,17). The summed E-state index contributed by atoms with van der Waals surface area (Å²) in [5.41, 5.74) is 7.31. The molecule has 1 aliphatic rings. The minimum absolute atomic E-state index is 0.0740. The van der Waals surface area contributed by atoms with E-state index >= 15 is 0 Å². The Morgan fingerprint density at radius 3 is 2.55 bits per heavy atom. The normalized spacial score (nSPS) is 16.4. The Morgan fingerprint density at radius 2 is 1.95 bits per heavy atom. The highest BCUT2D eigenvalue weighted by Crippen LogP contribution is 2.13. The number of aryl methyl sites for hydroxylation is 1. The minimum atomic E-state index is 0.0740. The highest BCUT2D eigenvalue weighted by atomic mass is 16.2. The van der Waals surface area contributed by atoms with Crippen molar-refractivity contribution in [2.45, 2.75) is 26.7 Å². The fourth-order valence-corrected chi connectivity index (χ4v) is 2.59. The van der Waals surface area contributed by atoms with Crippen molar-refractivity contribution >= 4 is 11.7 Å². The van der Waals surface area contributed by atoms with E-state index < -0.39 is 0 Å². The number of nitrogen functional groups attached to an aromatic ring is 1. The van der Waals surface area contributed by atoms with Gasteiger partial charge in [-0.3, -0.25) is 9.69 Å². The smallest absolute Gasteiger partial charge is 0.254 e. The lowest BCUT2D eigenvalue weighted by Crippen LogP contribution is -2.48. The van der Waals surface area contributed by atoms with Crippen LogP contribution in [-0.2, 0) is 6.42 Å². The predicted molar refractivity (Wildman–Crippen MR) is 80.7 cm³/mol. The second kappa shape index (κ2) is 6.70. The van der Waals surface area contributed by atoms with Crippen molar-refractivity contribution in [3.05, 3.63) is 23.4 Å². The van der Waals surface area contributed by atoms with Crippen molar-refractivity contribution in [3.8, 4) is 0 Å². The molecule has 0 spiro atoms. The Hall–Kier alpha value is -1.62. The lowest BCUT2D eigenvalue weighted by atomic mass is 10.1. The highest BCUT2D eigenvalue weighted by Gasteiger charge is 2.22. The lowest BCUT2D eigenvalue weighted by molar-refractivity contribution is 0.0637. The molecular weight excluding hydrogens is 252 g/mol. The van der Waals surface area contributed by atoms with E-state index in [0.29, 0.717) is 11.4 Å². The number of anilines is 1. The van der Waals surface area contributed by atoms with Gasteiger partial charge in [0.1, 0.15) is 5.82 Å². The Kier molecular flexibility index (Phi) is 4.95. The second-order valence-electron chi connectivity index (χ2n) is 5.26. The van der Waals surface area contributed by atoms with Gasteiger partial charge in [0.05, 0.1) is 0 Å². The molecule has 1 amide bonds. The van der Waals surface area contributed by atoms with Crippen LogP contribution in [0, 0.1) is 0 Å². The van der Waals surface area contributed by atoms with Crippen LogP contribution in [0.1, 0.15) is 36.3 Å². The van der Waals surface area contributed by atoms with E-state index in [1.165, 1.54) is 0 Å². The zero-order chi connectivity index (χ0) is 14.5. The van der Waals surface area contributed by atoms with Crippen LogP contribution in [0.25, 0.3) is 0 Å². The van der Waals surface area contributed by atoms with Crippen LogP contribution >= 0.6 is 0 Å². The van der Waals surface area contributed by atoms with Crippen LogP contribution in [0.4, 0.5) is 5.82 Å². The van der Waals surface area contributed by atoms with E-state index in [0.717, 1.165) is 51.3 Å². The van der Waals surface area contributed by atoms with E-state index in [2.05, 4.69) is 16.8 Å². The molecule has 0 bridgehead atoms. The molecule has 1 fully saturated rings. The number of amides is 1. The first-order valence-electron chi connectivity index (χ1n) is 7.42. The zero-order valence-electron chi connectivity index (χ0n) is 12.4. The monoisotopic (exact) mass is 276 g/mol. The van der Waals surface area contributed by atoms with E-state index in [1.54, 1.807) is 6.07 Å². The molecule has 2 heterocycles. The van der Waals surface area contributed by atoms with Gasteiger partial charge in [0.15, 0.2) is 0 Å². The summed E-state index contributed by atoms with van der Waals surface area (Å²) in [7, 11) is 0. The van der Waals surface area contributed by atoms with Crippen LogP contribution < -0.4 is 5.73 Å². The van der Waals surface area contributed by atoms with Crippen molar-refractivity contribution in [2.24, 2.45) is 0 Å². The summed E-state index contributed by atoms with van der Waals surface area (Å²) in [5.74, 6) is 0.502. The van der Waals surface area contributed by atoms with Gasteiger partial charge < -0.3 is 10.6 Å². The maximum absolute atomic E-state index is 12.5. The molecule has 110 valence electrons. The molecule has 0 unspecified atom stereocenters. The Bertz CT molecular complexity index is 467. The molecule has 0 aromatic carbocycles. The number of hydrogen-bond donors (Lipinski definition) is 1. The molecule has 0 saturated carbocycles. The third-order valence-electron chi connectivity index (χ3n) is 3.71. The maximum Gasteiger partial charge on any atom is 0.254 e. The Labute approximate surface area is 120 Å². The molecule has 20 heavy (non-hydrogen) atoms. The van der Waals surface area contributed by atoms with Gasteiger partial charge in [0.25, 0.3) is 5.91 Å². The van der Waals surface area contributed by atoms with Gasteiger partial charge in [0, 0.05) is 37.4 Å². The molecule has 1 aromatic heterocycles. The van der Waals surface area contributed by atoms with Gasteiger partial charge in [0.2, 0.25) is 0 Å². The molecule has 1 aromatic rings. The molecule has 2 N–H and O–H groups in total. The predicted octanol–water partition coefficient (Wildman–Crippen LogP) is 1.39. The van der Waals surface area contributed by atoms with Crippen molar-refractivity contribution in [1.82, 2.24) is 14.8 Å². The molecule has 5 heteroatoms. The number of nitrogens with two attached hydrogens (primary N) is 1. The molecule has 1 aliphatic heterocycles. The maximum atomic E-state index is 12.5. The van der Waals surface area contributed by atoms with Crippen molar-refractivity contribution in [1.29, 1.82) is 0 Å². The van der Waals surface area contributed by atoms with Gasteiger partial charge in [-0.2, -0.15) is 0 Å². The number of pyridine rings is 1. The number of carbonyl (C=O) groups is 1. The first kappa shape index (κ1) is 14.8. The number of aromatic nitrogens is 1. The van der Waals surface area contributed by atoms with Crippen LogP contribution in [0.15, 0.2) is 12.1 Å². The summed E-state index contributed by atoms with van der Waals surface area (Å²) < 4.78 is 0. The average molecular weight is 276 g/mol. The summed E-state index contributed by atoms with van der Waals surface area (Å²) in [6, 6.07) is 3.54. The van der Waals surface area contributed by atoms with E-state index in [9.17, 15) is 4.79 Å². The topological polar surface area (TPSA) is 62.5 Å². The molecule has 2 rings (SSSR count). The van der Waals surface area contributed by atoms with Gasteiger partial charge in [-0.15, -0.1) is 0 Å². The van der Waals surface area contributed by atoms with Crippen LogP contribution in [0.2, 0.25) is 0 Å². The van der Waals surface area contributed by atoms with Gasteiger partial charge in [-0.25, -0.2) is 4.98 Å². The van der Waals surface area contributed by atoms with Gasteiger partial charge >= 0.3 is 0 Å². The second-order valence-corrected chi connectivity index (χ2v) is 5.26. The summed E-state index contributed by atoms with van der Waals surface area (Å²) >= 11 is 0. The largest absolute Gasteiger partial charge is 0.384 e. The van der Waals surface area contributed by atoms with Crippen molar-refractivity contribution < 1.29 is 4.79 Å². The average Bonchev–Trinajstić information content (AvgIpc) is 2.47. The number of rotatable bonds is 4. The Balaban J connectivity index is 2.03. The summed E-state index contributed by atoms with van der Waals surface area (Å²) in [5, 5.41) is 0. The minimum Gasteiger partial charge on any atom is -0.384 e. The molecule has 0 atom stereocenters. The lowest BCUT2D eigenvalue weighted by Gasteiger charge is -2.34. The van der Waals surface area contributed by atoms with Gasteiger partial charge in [-0.05, 0) is 31.5 Å². The summed E-state index contributed by atoms with van der Waals surface area (Å²) in [6.45, 7) is 8.82. The van der Waals surface area contributed by atoms with Crippen LogP contribution in [0.3, 0.4) is 0 Å². The van der Waals surface area contributed by atoms with E-state index in [-0.39, 0.29) is 5.91 Å². The fraction of sp³-hybridized carbons (Fsp3) is 0.600. The van der Waals surface area contributed by atoms with Crippen LogP contribution in [-0.4, -0.2) is 53.4 Å². The molecule has 0 radical (unpaired) electrons. The molecule has 1 saturated heterocycles. The van der Waals surface area contributed by atoms with E-state index in [1.807, 2.05) is 17.9 Å². The fourth-order valence-electron chi connectivity index (χ4n) is 2.59. The highest BCUT2D eigenvalue weighted by molar-refractivity contribution is 5.95. The van der Waals surface area contributed by atoms with Crippen molar-refractivity contribution in [2.75, 3.05) is 38.5 Å². The first-order valence-corrected chi connectivity index (χ1v) is 7.42. The quantitative estimate of drug-likeness (QED) is 0.903. The molecular formula is C15H24N4O. The third kappa shape index (κ3) is 3.48. The third-order valence-corrected chi connectivity index (χ3v) is 3.71. The van der Waals surface area contributed by atoms with Gasteiger partial charge in [-0.1, -0.05) is 13.8 Å². The summed E-state index contributed by atoms with van der Waals surface area (Å²) in [4.78, 5) is 21.0. The number of carbonyl (C=O) groups excluding carboxylic acids is 1. The summed E-state index contributed by atoms with van der Waals surface area (Å²) in [6.07, 6.45) is 1.95. The number of hydrogen-bond acceptors (Lipinski definition) is 4. The SMILES string of the molecule is CCCN1CCN(C(=O)c2cc(N)nc(CC)c2)CC1. The zero-order valence-corrected chi connectivity index (χ0v) is 12.4. The molecule has 0 aliphatic carbocycles. The van der Waals surface area contributed by atoms with E-state index in [4.69, 9.17) is 5.73 Å².